The second-order valence-electron chi connectivity index (χ2n) is 8.65. The van der Waals surface area contributed by atoms with Crippen LogP contribution in [0, 0.1) is 5.41 Å². The van der Waals surface area contributed by atoms with Crippen molar-refractivity contribution in [3.63, 3.8) is 0 Å². The van der Waals surface area contributed by atoms with E-state index >= 15 is 0 Å². The molecule has 2 atom stereocenters. The van der Waals surface area contributed by atoms with E-state index in [4.69, 9.17) is 0 Å². The Kier molecular flexibility index (Phi) is 5.59. The van der Waals surface area contributed by atoms with Crippen LogP contribution in [0.1, 0.15) is 36.7 Å². The first-order chi connectivity index (χ1) is 15.2. The predicted molar refractivity (Wildman–Crippen MR) is 118 cm³/mol. The van der Waals surface area contributed by atoms with E-state index in [1.54, 1.807) is 31.4 Å². The van der Waals surface area contributed by atoms with E-state index in [1.807, 2.05) is 13.8 Å². The highest BCUT2D eigenvalue weighted by Crippen LogP contribution is 2.37. The Hall–Kier alpha value is -3.47. The number of aliphatic hydroxyl groups is 1. The first-order valence-electron chi connectivity index (χ1n) is 10.3. The monoisotopic (exact) mass is 443 g/mol. The minimum Gasteiger partial charge on any atom is -0.396 e. The molecule has 4 N–H and O–H groups in total. The van der Waals surface area contributed by atoms with E-state index in [9.17, 15) is 19.1 Å². The molecule has 0 saturated heterocycles. The number of aromatic nitrogens is 4. The number of aliphatic hydroxyl groups excluding tert-OH is 1. The molecule has 1 aliphatic rings. The van der Waals surface area contributed by atoms with Gasteiger partial charge in [0, 0.05) is 44.3 Å². The van der Waals surface area contributed by atoms with Crippen molar-refractivity contribution in [2.24, 2.45) is 5.41 Å². The number of fused-ring (bicyclic) bond motifs is 1. The lowest BCUT2D eigenvalue weighted by molar-refractivity contribution is 0.0912. The van der Waals surface area contributed by atoms with Crippen molar-refractivity contribution in [1.82, 2.24) is 24.5 Å². The molecule has 0 radical (unpaired) electrons. The number of nitrogens with zero attached hydrogens (tertiary/aromatic N) is 4. The molecule has 0 bridgehead atoms. The molecule has 0 unspecified atom stereocenters. The van der Waals surface area contributed by atoms with E-state index in [1.165, 1.54) is 15.3 Å². The molecule has 3 aromatic rings. The molecular formula is C21H26FN7O3. The van der Waals surface area contributed by atoms with Gasteiger partial charge in [-0.3, -0.25) is 9.59 Å². The fourth-order valence-electron chi connectivity index (χ4n) is 3.28. The number of nitrogens with one attached hydrogen (secondary N) is 3. The van der Waals surface area contributed by atoms with Gasteiger partial charge in [0.25, 0.3) is 11.5 Å². The van der Waals surface area contributed by atoms with Crippen LogP contribution >= 0.6 is 0 Å². The molecule has 32 heavy (non-hydrogen) atoms. The maximum atomic E-state index is 13.5. The molecule has 10 nitrogen and oxygen atoms in total. The van der Waals surface area contributed by atoms with Gasteiger partial charge >= 0.3 is 0 Å². The van der Waals surface area contributed by atoms with Gasteiger partial charge in [0.1, 0.15) is 29.1 Å². The molecular weight excluding hydrogens is 417 g/mol. The van der Waals surface area contributed by atoms with Crippen LogP contribution in [0.5, 0.6) is 0 Å². The third-order valence-electron chi connectivity index (χ3n) is 5.40. The number of carbonyl (C=O) groups is 1. The zero-order chi connectivity index (χ0) is 23.0. The summed E-state index contributed by atoms with van der Waals surface area (Å²) in [5, 5.41) is 22.4. The highest BCUT2D eigenvalue weighted by molar-refractivity contribution is 6.00. The first-order valence-corrected chi connectivity index (χ1v) is 10.3. The Balaban J connectivity index is 1.66. The molecule has 0 spiro atoms. The SMILES string of the molecule is CNc1cc(Nc2cccn([C@@H]3C[C@H]3F)c2=O)nc2c(C(=O)NCC(C)(C)CO)cnn12. The third kappa shape index (κ3) is 4.15. The van der Waals surface area contributed by atoms with E-state index in [0.717, 1.165) is 0 Å². The summed E-state index contributed by atoms with van der Waals surface area (Å²) >= 11 is 0. The molecule has 3 aromatic heterocycles. The summed E-state index contributed by atoms with van der Waals surface area (Å²) in [7, 11) is 1.70. The summed E-state index contributed by atoms with van der Waals surface area (Å²) in [6.45, 7) is 3.87. The first kappa shape index (κ1) is 21.8. The zero-order valence-corrected chi connectivity index (χ0v) is 18.1. The van der Waals surface area contributed by atoms with E-state index in [2.05, 4.69) is 26.0 Å². The molecule has 1 fully saturated rings. The van der Waals surface area contributed by atoms with Crippen LogP contribution in [0.25, 0.3) is 5.65 Å². The summed E-state index contributed by atoms with van der Waals surface area (Å²) in [6.07, 6.45) is 2.31. The van der Waals surface area contributed by atoms with E-state index < -0.39 is 17.6 Å². The van der Waals surface area contributed by atoms with Gasteiger partial charge in [0.15, 0.2) is 5.65 Å². The van der Waals surface area contributed by atoms with E-state index in [0.29, 0.717) is 23.7 Å². The molecule has 1 saturated carbocycles. The highest BCUT2D eigenvalue weighted by atomic mass is 19.1. The van der Waals surface area contributed by atoms with Crippen molar-refractivity contribution in [2.45, 2.75) is 32.5 Å². The number of alkyl halides is 1. The Labute approximate surface area is 183 Å². The lowest BCUT2D eigenvalue weighted by atomic mass is 9.95. The maximum Gasteiger partial charge on any atom is 0.274 e. The summed E-state index contributed by atoms with van der Waals surface area (Å²) in [5.74, 6) is 0.502. The number of amides is 1. The number of hydrogen-bond acceptors (Lipinski definition) is 7. The molecule has 11 heteroatoms. The number of rotatable bonds is 8. The average Bonchev–Trinajstić information content (AvgIpc) is 3.34. The molecule has 1 amide bonds. The van der Waals surface area contributed by atoms with Crippen LogP contribution in [0.15, 0.2) is 35.4 Å². The van der Waals surface area contributed by atoms with Gasteiger partial charge in [-0.1, -0.05) is 13.8 Å². The number of hydrogen-bond donors (Lipinski definition) is 4. The Morgan fingerprint density at radius 1 is 1.41 bits per heavy atom. The molecule has 170 valence electrons. The average molecular weight is 443 g/mol. The van der Waals surface area contributed by atoms with Crippen molar-refractivity contribution in [1.29, 1.82) is 0 Å². The van der Waals surface area contributed by atoms with Crippen LogP contribution in [0.3, 0.4) is 0 Å². The van der Waals surface area contributed by atoms with Gasteiger partial charge in [0.05, 0.1) is 12.2 Å². The van der Waals surface area contributed by atoms with Crippen LogP contribution in [-0.4, -0.2) is 56.5 Å². The fraction of sp³-hybridized carbons (Fsp3) is 0.429. The predicted octanol–water partition coefficient (Wildman–Crippen LogP) is 1.71. The van der Waals surface area contributed by atoms with Crippen molar-refractivity contribution in [2.75, 3.05) is 30.8 Å². The second kappa shape index (κ2) is 8.23. The Morgan fingerprint density at radius 2 is 2.16 bits per heavy atom. The van der Waals surface area contributed by atoms with Crippen molar-refractivity contribution in [3.05, 3.63) is 46.5 Å². The Bertz CT molecular complexity index is 1220. The summed E-state index contributed by atoms with van der Waals surface area (Å²) in [6, 6.07) is 4.50. The maximum absolute atomic E-state index is 13.5. The van der Waals surface area contributed by atoms with Crippen LogP contribution < -0.4 is 21.5 Å². The topological polar surface area (TPSA) is 126 Å². The van der Waals surface area contributed by atoms with Gasteiger partial charge < -0.3 is 25.6 Å². The van der Waals surface area contributed by atoms with Gasteiger partial charge in [-0.05, 0) is 12.1 Å². The summed E-state index contributed by atoms with van der Waals surface area (Å²) in [4.78, 5) is 30.0. The largest absolute Gasteiger partial charge is 0.396 e. The number of halogens is 1. The van der Waals surface area contributed by atoms with Crippen molar-refractivity contribution >= 4 is 28.9 Å². The van der Waals surface area contributed by atoms with Gasteiger partial charge in [0.2, 0.25) is 0 Å². The minimum absolute atomic E-state index is 0.0725. The van der Waals surface area contributed by atoms with Gasteiger partial charge in [-0.2, -0.15) is 9.61 Å². The summed E-state index contributed by atoms with van der Waals surface area (Å²) < 4.78 is 16.3. The van der Waals surface area contributed by atoms with Crippen molar-refractivity contribution in [3.8, 4) is 0 Å². The standard InChI is InChI=1S/C21H26FN7O3/c1-21(2,11-30)10-24-19(31)12-9-25-29-17(23-3)8-16(27-18(12)29)26-14-5-4-6-28(20(14)32)15-7-13(15)22/h4-6,8-9,13,15,23,30H,7,10-11H2,1-3H3,(H,24,31)(H,26,27)/t13-,15-/m1/s1. The number of carbonyl (C=O) groups excluding carboxylic acids is 1. The number of anilines is 3. The van der Waals surface area contributed by atoms with Gasteiger partial charge in [-0.15, -0.1) is 0 Å². The fourth-order valence-corrected chi connectivity index (χ4v) is 3.28. The molecule has 3 heterocycles. The van der Waals surface area contributed by atoms with Crippen LogP contribution in [0.4, 0.5) is 21.7 Å². The zero-order valence-electron chi connectivity index (χ0n) is 18.1. The normalized spacial score (nSPS) is 17.9. The second-order valence-corrected chi connectivity index (χ2v) is 8.65. The van der Waals surface area contributed by atoms with Crippen molar-refractivity contribution < 1.29 is 14.3 Å². The third-order valence-corrected chi connectivity index (χ3v) is 5.40. The summed E-state index contributed by atoms with van der Waals surface area (Å²) in [5.41, 5.74) is -0.0187. The quantitative estimate of drug-likeness (QED) is 0.418. The smallest absolute Gasteiger partial charge is 0.274 e. The minimum atomic E-state index is -1.00. The number of pyridine rings is 1. The molecule has 4 rings (SSSR count). The molecule has 0 aliphatic heterocycles. The molecule has 1 aliphatic carbocycles. The lowest BCUT2D eigenvalue weighted by Gasteiger charge is -2.21. The van der Waals surface area contributed by atoms with Crippen LogP contribution in [-0.2, 0) is 0 Å². The van der Waals surface area contributed by atoms with E-state index in [-0.39, 0.29) is 35.9 Å². The Morgan fingerprint density at radius 3 is 2.81 bits per heavy atom. The highest BCUT2D eigenvalue weighted by Gasteiger charge is 2.39. The molecule has 0 aromatic carbocycles. The lowest BCUT2D eigenvalue weighted by Crippen LogP contribution is -2.36. The van der Waals surface area contributed by atoms with Gasteiger partial charge in [-0.25, -0.2) is 9.37 Å². The van der Waals surface area contributed by atoms with Crippen LogP contribution in [0.2, 0.25) is 0 Å².